The SMILES string of the molecule is CCOc1ccc(-c2cnc(-c3ccccc3OCCO)[nH]2)cc1. The number of nitrogens with one attached hydrogen (secondary N) is 1. The number of ether oxygens (including phenoxy) is 2. The maximum absolute atomic E-state index is 8.94. The molecular formula is C19H20N2O3. The average molecular weight is 324 g/mol. The molecule has 124 valence electrons. The van der Waals surface area contributed by atoms with Crippen molar-refractivity contribution in [3.63, 3.8) is 0 Å². The van der Waals surface area contributed by atoms with E-state index in [4.69, 9.17) is 14.6 Å². The first-order valence-corrected chi connectivity index (χ1v) is 7.93. The molecule has 0 saturated carbocycles. The largest absolute Gasteiger partial charge is 0.494 e. The molecule has 24 heavy (non-hydrogen) atoms. The number of nitrogens with zero attached hydrogens (tertiary/aromatic N) is 1. The van der Waals surface area contributed by atoms with Crippen LogP contribution in [0.3, 0.4) is 0 Å². The number of hydrogen-bond acceptors (Lipinski definition) is 4. The van der Waals surface area contributed by atoms with Crippen molar-refractivity contribution in [2.24, 2.45) is 0 Å². The highest BCUT2D eigenvalue weighted by molar-refractivity contribution is 5.68. The molecule has 3 aromatic rings. The van der Waals surface area contributed by atoms with E-state index in [1.807, 2.05) is 55.5 Å². The smallest absolute Gasteiger partial charge is 0.141 e. The van der Waals surface area contributed by atoms with E-state index in [1.54, 1.807) is 6.20 Å². The molecule has 0 bridgehead atoms. The van der Waals surface area contributed by atoms with Crippen LogP contribution in [0.1, 0.15) is 6.92 Å². The number of aliphatic hydroxyl groups excluding tert-OH is 1. The number of para-hydroxylation sites is 1. The van der Waals surface area contributed by atoms with Crippen LogP contribution in [0, 0.1) is 0 Å². The van der Waals surface area contributed by atoms with E-state index < -0.39 is 0 Å². The van der Waals surface area contributed by atoms with E-state index in [9.17, 15) is 0 Å². The molecule has 2 aromatic carbocycles. The number of imidazole rings is 1. The average Bonchev–Trinajstić information content (AvgIpc) is 3.11. The zero-order chi connectivity index (χ0) is 16.8. The van der Waals surface area contributed by atoms with Crippen molar-refractivity contribution in [2.45, 2.75) is 6.92 Å². The lowest BCUT2D eigenvalue weighted by atomic mass is 10.1. The minimum absolute atomic E-state index is 0.0239. The highest BCUT2D eigenvalue weighted by Crippen LogP contribution is 2.30. The predicted molar refractivity (Wildman–Crippen MR) is 93.2 cm³/mol. The van der Waals surface area contributed by atoms with E-state index in [1.165, 1.54) is 0 Å². The molecule has 0 unspecified atom stereocenters. The fourth-order valence-corrected chi connectivity index (χ4v) is 2.45. The van der Waals surface area contributed by atoms with Gasteiger partial charge in [-0.3, -0.25) is 0 Å². The first-order chi connectivity index (χ1) is 11.8. The quantitative estimate of drug-likeness (QED) is 0.698. The summed E-state index contributed by atoms with van der Waals surface area (Å²) in [6.45, 7) is 2.84. The maximum Gasteiger partial charge on any atom is 0.141 e. The molecule has 0 radical (unpaired) electrons. The first kappa shape index (κ1) is 16.1. The second-order valence-corrected chi connectivity index (χ2v) is 5.17. The molecular weight excluding hydrogens is 304 g/mol. The molecule has 2 N–H and O–H groups in total. The van der Waals surface area contributed by atoms with Gasteiger partial charge in [0.25, 0.3) is 0 Å². The summed E-state index contributed by atoms with van der Waals surface area (Å²) in [6, 6.07) is 15.5. The number of H-pyrrole nitrogens is 1. The second kappa shape index (κ2) is 7.66. The van der Waals surface area contributed by atoms with Crippen molar-refractivity contribution in [3.05, 3.63) is 54.7 Å². The van der Waals surface area contributed by atoms with Crippen LogP contribution >= 0.6 is 0 Å². The van der Waals surface area contributed by atoms with Crippen LogP contribution in [-0.4, -0.2) is 34.9 Å². The molecule has 5 nitrogen and oxygen atoms in total. The van der Waals surface area contributed by atoms with Gasteiger partial charge < -0.3 is 19.6 Å². The van der Waals surface area contributed by atoms with Gasteiger partial charge >= 0.3 is 0 Å². The summed E-state index contributed by atoms with van der Waals surface area (Å²) < 4.78 is 11.0. The van der Waals surface area contributed by atoms with Crippen LogP contribution in [0.4, 0.5) is 0 Å². The highest BCUT2D eigenvalue weighted by Gasteiger charge is 2.10. The number of rotatable bonds is 7. The molecule has 1 aromatic heterocycles. The second-order valence-electron chi connectivity index (χ2n) is 5.17. The summed E-state index contributed by atoms with van der Waals surface area (Å²) >= 11 is 0. The minimum Gasteiger partial charge on any atom is -0.494 e. The number of hydrogen-bond donors (Lipinski definition) is 2. The van der Waals surface area contributed by atoms with Crippen LogP contribution in [-0.2, 0) is 0 Å². The van der Waals surface area contributed by atoms with Crippen molar-refractivity contribution in [1.29, 1.82) is 0 Å². The van der Waals surface area contributed by atoms with Gasteiger partial charge in [0.15, 0.2) is 0 Å². The van der Waals surface area contributed by atoms with Crippen molar-refractivity contribution >= 4 is 0 Å². The van der Waals surface area contributed by atoms with Gasteiger partial charge in [-0.15, -0.1) is 0 Å². The Morgan fingerprint density at radius 1 is 1.04 bits per heavy atom. The molecule has 0 amide bonds. The van der Waals surface area contributed by atoms with E-state index >= 15 is 0 Å². The fourth-order valence-electron chi connectivity index (χ4n) is 2.45. The Kier molecular flexibility index (Phi) is 5.13. The van der Waals surface area contributed by atoms with E-state index in [-0.39, 0.29) is 13.2 Å². The Balaban J connectivity index is 1.85. The molecule has 0 saturated heterocycles. The zero-order valence-corrected chi connectivity index (χ0v) is 13.5. The Morgan fingerprint density at radius 3 is 2.58 bits per heavy atom. The number of aromatic nitrogens is 2. The van der Waals surface area contributed by atoms with Gasteiger partial charge in [-0.1, -0.05) is 12.1 Å². The summed E-state index contributed by atoms with van der Waals surface area (Å²) in [4.78, 5) is 7.78. The van der Waals surface area contributed by atoms with Crippen LogP contribution < -0.4 is 9.47 Å². The van der Waals surface area contributed by atoms with Crippen LogP contribution in [0.25, 0.3) is 22.6 Å². The fraction of sp³-hybridized carbons (Fsp3) is 0.211. The number of benzene rings is 2. The first-order valence-electron chi connectivity index (χ1n) is 7.93. The molecule has 3 rings (SSSR count). The third-order valence-electron chi connectivity index (χ3n) is 3.54. The summed E-state index contributed by atoms with van der Waals surface area (Å²) in [5.74, 6) is 2.27. The van der Waals surface area contributed by atoms with Crippen molar-refractivity contribution in [1.82, 2.24) is 9.97 Å². The molecule has 0 spiro atoms. The van der Waals surface area contributed by atoms with Crippen molar-refractivity contribution in [3.8, 4) is 34.1 Å². The Labute approximate surface area is 140 Å². The normalized spacial score (nSPS) is 10.6. The van der Waals surface area contributed by atoms with Gasteiger partial charge in [-0.05, 0) is 48.9 Å². The molecule has 0 aliphatic rings. The predicted octanol–water partition coefficient (Wildman–Crippen LogP) is 3.51. The topological polar surface area (TPSA) is 67.4 Å². The van der Waals surface area contributed by atoms with Gasteiger partial charge in [0.2, 0.25) is 0 Å². The van der Waals surface area contributed by atoms with Gasteiger partial charge in [0.1, 0.15) is 23.9 Å². The minimum atomic E-state index is -0.0239. The summed E-state index contributed by atoms with van der Waals surface area (Å²) in [6.07, 6.45) is 1.80. The molecule has 0 fully saturated rings. The standard InChI is InChI=1S/C19H20N2O3/c1-2-23-15-9-7-14(8-10-15)17-13-20-19(21-17)16-5-3-4-6-18(16)24-12-11-22/h3-10,13,22H,2,11-12H2,1H3,(H,20,21). The third kappa shape index (κ3) is 3.58. The zero-order valence-electron chi connectivity index (χ0n) is 13.5. The van der Waals surface area contributed by atoms with Crippen LogP contribution in [0.5, 0.6) is 11.5 Å². The molecule has 0 aliphatic heterocycles. The van der Waals surface area contributed by atoms with Crippen molar-refractivity contribution < 1.29 is 14.6 Å². The molecule has 0 aliphatic carbocycles. The van der Waals surface area contributed by atoms with Crippen LogP contribution in [0.2, 0.25) is 0 Å². The van der Waals surface area contributed by atoms with E-state index in [0.29, 0.717) is 12.4 Å². The summed E-state index contributed by atoms with van der Waals surface area (Å²) in [5.41, 5.74) is 2.82. The summed E-state index contributed by atoms with van der Waals surface area (Å²) in [5, 5.41) is 8.94. The van der Waals surface area contributed by atoms with Gasteiger partial charge in [0.05, 0.1) is 30.7 Å². The van der Waals surface area contributed by atoms with E-state index in [0.717, 1.165) is 28.4 Å². The van der Waals surface area contributed by atoms with E-state index in [2.05, 4.69) is 9.97 Å². The number of aliphatic hydroxyl groups is 1. The molecule has 1 heterocycles. The monoisotopic (exact) mass is 324 g/mol. The Morgan fingerprint density at radius 2 is 1.83 bits per heavy atom. The van der Waals surface area contributed by atoms with Crippen molar-refractivity contribution in [2.75, 3.05) is 19.8 Å². The molecule has 0 atom stereocenters. The summed E-state index contributed by atoms with van der Waals surface area (Å²) in [7, 11) is 0. The third-order valence-corrected chi connectivity index (χ3v) is 3.54. The molecule has 5 heteroatoms. The van der Waals surface area contributed by atoms with Gasteiger partial charge in [-0.2, -0.15) is 0 Å². The Hall–Kier alpha value is -2.79. The van der Waals surface area contributed by atoms with Gasteiger partial charge in [-0.25, -0.2) is 4.98 Å². The lowest BCUT2D eigenvalue weighted by Crippen LogP contribution is -2.02. The highest BCUT2D eigenvalue weighted by atomic mass is 16.5. The van der Waals surface area contributed by atoms with Crippen LogP contribution in [0.15, 0.2) is 54.7 Å². The lowest BCUT2D eigenvalue weighted by molar-refractivity contribution is 0.202. The van der Waals surface area contributed by atoms with Gasteiger partial charge in [0, 0.05) is 0 Å². The maximum atomic E-state index is 8.94. The lowest BCUT2D eigenvalue weighted by Gasteiger charge is -2.08. The number of aromatic amines is 1. The Bertz CT molecular complexity index is 781.